The molecule has 0 atom stereocenters. The summed E-state index contributed by atoms with van der Waals surface area (Å²) >= 11 is 0. The van der Waals surface area contributed by atoms with Gasteiger partial charge in [-0.15, -0.1) is 0 Å². The molecule has 0 spiro atoms. The third kappa shape index (κ3) is 3.84. The Hall–Kier alpha value is -0.530. The number of esters is 1. The molecule has 1 rings (SSSR count). The standard InChI is InChI=1S/C13H24O2/c1-6-11(14)15-10-7-12(2,3)9-13(4,5)8-10/h10H,6-9H2,1-5H3. The van der Waals surface area contributed by atoms with Gasteiger partial charge in [0.25, 0.3) is 0 Å². The maximum Gasteiger partial charge on any atom is 0.305 e. The lowest BCUT2D eigenvalue weighted by atomic mass is 9.64. The molecular formula is C13H24O2. The molecule has 1 aliphatic rings. The van der Waals surface area contributed by atoms with E-state index in [9.17, 15) is 4.79 Å². The van der Waals surface area contributed by atoms with Crippen molar-refractivity contribution >= 4 is 5.97 Å². The molecule has 0 radical (unpaired) electrons. The molecule has 0 aromatic carbocycles. The van der Waals surface area contributed by atoms with Gasteiger partial charge in [0.05, 0.1) is 0 Å². The molecule has 2 nitrogen and oxygen atoms in total. The van der Waals surface area contributed by atoms with Crippen LogP contribution in [0.4, 0.5) is 0 Å². The Morgan fingerprint density at radius 2 is 1.67 bits per heavy atom. The highest BCUT2D eigenvalue weighted by Gasteiger charge is 2.39. The third-order valence-electron chi connectivity index (χ3n) is 3.10. The van der Waals surface area contributed by atoms with Gasteiger partial charge in [0, 0.05) is 6.42 Å². The van der Waals surface area contributed by atoms with Crippen LogP contribution in [-0.2, 0) is 9.53 Å². The minimum absolute atomic E-state index is 0.0616. The molecule has 88 valence electrons. The molecule has 1 fully saturated rings. The molecule has 0 aromatic rings. The summed E-state index contributed by atoms with van der Waals surface area (Å²) in [6, 6.07) is 0. The smallest absolute Gasteiger partial charge is 0.305 e. The Morgan fingerprint density at radius 3 is 2.07 bits per heavy atom. The molecule has 2 heteroatoms. The molecule has 0 amide bonds. The molecule has 0 bridgehead atoms. The van der Waals surface area contributed by atoms with Crippen molar-refractivity contribution in [3.8, 4) is 0 Å². The summed E-state index contributed by atoms with van der Waals surface area (Å²) in [4.78, 5) is 11.3. The van der Waals surface area contributed by atoms with Crippen molar-refractivity contribution in [2.45, 2.75) is 66.4 Å². The van der Waals surface area contributed by atoms with Crippen LogP contribution < -0.4 is 0 Å². The van der Waals surface area contributed by atoms with E-state index in [0.717, 1.165) is 12.8 Å². The number of carbonyl (C=O) groups is 1. The lowest BCUT2D eigenvalue weighted by Gasteiger charge is -2.44. The Kier molecular flexibility index (Phi) is 3.47. The van der Waals surface area contributed by atoms with Gasteiger partial charge < -0.3 is 4.74 Å². The van der Waals surface area contributed by atoms with E-state index >= 15 is 0 Å². The van der Waals surface area contributed by atoms with Gasteiger partial charge in [0.15, 0.2) is 0 Å². The predicted octanol–water partition coefficient (Wildman–Crippen LogP) is 3.54. The average molecular weight is 212 g/mol. The molecule has 0 unspecified atom stereocenters. The quantitative estimate of drug-likeness (QED) is 0.654. The SMILES string of the molecule is CCC(=O)OC1CC(C)(C)CC(C)(C)C1. The van der Waals surface area contributed by atoms with Crippen molar-refractivity contribution < 1.29 is 9.53 Å². The zero-order valence-electron chi connectivity index (χ0n) is 10.7. The van der Waals surface area contributed by atoms with Crippen molar-refractivity contribution in [3.63, 3.8) is 0 Å². The second-order valence-electron chi connectivity index (χ2n) is 6.38. The summed E-state index contributed by atoms with van der Waals surface area (Å²) in [6.07, 6.45) is 3.82. The molecular weight excluding hydrogens is 188 g/mol. The van der Waals surface area contributed by atoms with Crippen molar-refractivity contribution in [2.24, 2.45) is 10.8 Å². The molecule has 1 aliphatic carbocycles. The van der Waals surface area contributed by atoms with Crippen LogP contribution in [0.2, 0.25) is 0 Å². The van der Waals surface area contributed by atoms with Gasteiger partial charge in [0.2, 0.25) is 0 Å². The van der Waals surface area contributed by atoms with Crippen molar-refractivity contribution in [1.82, 2.24) is 0 Å². The summed E-state index contributed by atoms with van der Waals surface area (Å²) < 4.78 is 5.47. The second kappa shape index (κ2) is 4.15. The fraction of sp³-hybridized carbons (Fsp3) is 0.923. The summed E-state index contributed by atoms with van der Waals surface area (Å²) in [6.45, 7) is 10.9. The number of hydrogen-bond acceptors (Lipinski definition) is 2. The molecule has 0 aliphatic heterocycles. The van der Waals surface area contributed by atoms with Crippen LogP contribution in [0, 0.1) is 10.8 Å². The van der Waals surface area contributed by atoms with Gasteiger partial charge >= 0.3 is 5.97 Å². The van der Waals surface area contributed by atoms with Gasteiger partial charge in [-0.3, -0.25) is 4.79 Å². The topological polar surface area (TPSA) is 26.3 Å². The van der Waals surface area contributed by atoms with E-state index in [1.165, 1.54) is 6.42 Å². The Balaban J connectivity index is 2.63. The molecule has 15 heavy (non-hydrogen) atoms. The second-order valence-corrected chi connectivity index (χ2v) is 6.38. The zero-order chi connectivity index (χ0) is 11.7. The van der Waals surface area contributed by atoms with Crippen LogP contribution in [0.25, 0.3) is 0 Å². The summed E-state index contributed by atoms with van der Waals surface area (Å²) in [7, 11) is 0. The van der Waals surface area contributed by atoms with Crippen molar-refractivity contribution in [1.29, 1.82) is 0 Å². The van der Waals surface area contributed by atoms with Crippen LogP contribution in [0.5, 0.6) is 0 Å². The summed E-state index contributed by atoms with van der Waals surface area (Å²) in [5.41, 5.74) is 0.584. The molecule has 0 saturated heterocycles. The fourth-order valence-corrected chi connectivity index (χ4v) is 3.10. The first-order chi connectivity index (χ1) is 6.74. The van der Waals surface area contributed by atoms with E-state index < -0.39 is 0 Å². The Labute approximate surface area is 93.4 Å². The number of carbonyl (C=O) groups excluding carboxylic acids is 1. The van der Waals surface area contributed by atoms with Crippen LogP contribution in [0.1, 0.15) is 60.3 Å². The van der Waals surface area contributed by atoms with E-state index in [1.54, 1.807) is 0 Å². The Bertz CT molecular complexity index is 225. The third-order valence-corrected chi connectivity index (χ3v) is 3.10. The lowest BCUT2D eigenvalue weighted by Crippen LogP contribution is -2.38. The summed E-state index contributed by atoms with van der Waals surface area (Å²) in [5, 5.41) is 0. The first kappa shape index (κ1) is 12.5. The Morgan fingerprint density at radius 1 is 1.20 bits per heavy atom. The number of ether oxygens (including phenoxy) is 1. The highest BCUT2D eigenvalue weighted by molar-refractivity contribution is 5.69. The van der Waals surface area contributed by atoms with Crippen LogP contribution in [0.3, 0.4) is 0 Å². The van der Waals surface area contributed by atoms with Crippen LogP contribution >= 0.6 is 0 Å². The lowest BCUT2D eigenvalue weighted by molar-refractivity contribution is -0.154. The van der Waals surface area contributed by atoms with E-state index in [-0.39, 0.29) is 12.1 Å². The molecule has 0 heterocycles. The first-order valence-corrected chi connectivity index (χ1v) is 5.94. The number of rotatable bonds is 2. The maximum absolute atomic E-state index is 11.3. The van der Waals surface area contributed by atoms with E-state index in [0.29, 0.717) is 17.3 Å². The van der Waals surface area contributed by atoms with Gasteiger partial charge in [-0.2, -0.15) is 0 Å². The largest absolute Gasteiger partial charge is 0.462 e. The number of hydrogen-bond donors (Lipinski definition) is 0. The molecule has 0 aromatic heterocycles. The highest BCUT2D eigenvalue weighted by atomic mass is 16.5. The van der Waals surface area contributed by atoms with Crippen LogP contribution in [0.15, 0.2) is 0 Å². The fourth-order valence-electron chi connectivity index (χ4n) is 3.10. The van der Waals surface area contributed by atoms with Crippen molar-refractivity contribution in [3.05, 3.63) is 0 Å². The van der Waals surface area contributed by atoms with Gasteiger partial charge in [0.1, 0.15) is 6.10 Å². The predicted molar refractivity (Wildman–Crippen MR) is 61.6 cm³/mol. The molecule has 1 saturated carbocycles. The minimum atomic E-state index is -0.0616. The highest BCUT2D eigenvalue weighted by Crippen LogP contribution is 2.46. The minimum Gasteiger partial charge on any atom is -0.462 e. The van der Waals surface area contributed by atoms with Gasteiger partial charge in [-0.1, -0.05) is 34.6 Å². The average Bonchev–Trinajstić information content (AvgIpc) is 1.97. The monoisotopic (exact) mass is 212 g/mol. The first-order valence-electron chi connectivity index (χ1n) is 5.94. The normalized spacial score (nSPS) is 24.9. The van der Waals surface area contributed by atoms with E-state index in [4.69, 9.17) is 4.74 Å². The maximum atomic E-state index is 11.3. The van der Waals surface area contributed by atoms with E-state index in [2.05, 4.69) is 27.7 Å². The van der Waals surface area contributed by atoms with Gasteiger partial charge in [-0.05, 0) is 30.1 Å². The zero-order valence-corrected chi connectivity index (χ0v) is 10.7. The van der Waals surface area contributed by atoms with E-state index in [1.807, 2.05) is 6.92 Å². The molecule has 0 N–H and O–H groups in total. The summed E-state index contributed by atoms with van der Waals surface area (Å²) in [5.74, 6) is -0.0616. The van der Waals surface area contributed by atoms with Crippen LogP contribution in [-0.4, -0.2) is 12.1 Å². The van der Waals surface area contributed by atoms with Gasteiger partial charge in [-0.25, -0.2) is 0 Å². The van der Waals surface area contributed by atoms with Crippen molar-refractivity contribution in [2.75, 3.05) is 0 Å².